The van der Waals surface area contributed by atoms with E-state index in [-0.39, 0.29) is 5.56 Å². The van der Waals surface area contributed by atoms with Gasteiger partial charge in [-0.2, -0.15) is 0 Å². The molecule has 0 bridgehead atoms. The van der Waals surface area contributed by atoms with Crippen LogP contribution in [0, 0.1) is 20.8 Å². The van der Waals surface area contributed by atoms with Gasteiger partial charge in [-0.3, -0.25) is 13.8 Å². The smallest absolute Gasteiger partial charge is 0.255 e. The van der Waals surface area contributed by atoms with Crippen molar-refractivity contribution in [2.45, 2.75) is 40.7 Å². The summed E-state index contributed by atoms with van der Waals surface area (Å²) < 4.78 is 9.92. The lowest BCUT2D eigenvalue weighted by Gasteiger charge is -2.15. The van der Waals surface area contributed by atoms with E-state index in [1.165, 1.54) is 16.7 Å². The highest BCUT2D eigenvalue weighted by molar-refractivity contribution is 5.60. The van der Waals surface area contributed by atoms with Crippen molar-refractivity contribution >= 4 is 5.65 Å². The Balaban J connectivity index is 1.83. The van der Waals surface area contributed by atoms with E-state index in [0.717, 1.165) is 29.1 Å². The molecular formula is C24H25N3O2. The van der Waals surface area contributed by atoms with Gasteiger partial charge in [-0.05, 0) is 49.9 Å². The predicted octanol–water partition coefficient (Wildman–Crippen LogP) is 4.55. The number of aromatic nitrogens is 3. The van der Waals surface area contributed by atoms with Gasteiger partial charge in [-0.15, -0.1) is 0 Å². The first-order valence-electron chi connectivity index (χ1n) is 9.87. The summed E-state index contributed by atoms with van der Waals surface area (Å²) in [5.41, 5.74) is 7.10. The van der Waals surface area contributed by atoms with Crippen LogP contribution in [0.5, 0.6) is 5.75 Å². The standard InChI is InChI=1S/C24H25N3O2/c1-5-19-10-8-9-16(2)21(19)15-29-22-13-20(26-12-7-6-11-23(26)28)14-27-18(4)17(3)25-24(22)27/h6-14H,5,15H2,1-4H3. The second-order valence-corrected chi connectivity index (χ2v) is 7.30. The minimum Gasteiger partial charge on any atom is -0.485 e. The Morgan fingerprint density at radius 3 is 2.66 bits per heavy atom. The molecule has 5 nitrogen and oxygen atoms in total. The molecule has 4 aromatic rings. The Kier molecular flexibility index (Phi) is 4.97. The van der Waals surface area contributed by atoms with Gasteiger partial charge in [0.15, 0.2) is 11.4 Å². The van der Waals surface area contributed by atoms with Gasteiger partial charge in [0.25, 0.3) is 5.56 Å². The van der Waals surface area contributed by atoms with Crippen LogP contribution in [0.4, 0.5) is 0 Å². The van der Waals surface area contributed by atoms with E-state index < -0.39 is 0 Å². The van der Waals surface area contributed by atoms with Crippen LogP contribution in [-0.2, 0) is 13.0 Å². The molecule has 3 heterocycles. The van der Waals surface area contributed by atoms with E-state index in [1.807, 2.05) is 36.6 Å². The van der Waals surface area contributed by atoms with Gasteiger partial charge in [0, 0.05) is 30.2 Å². The van der Waals surface area contributed by atoms with E-state index >= 15 is 0 Å². The summed E-state index contributed by atoms with van der Waals surface area (Å²) in [4.78, 5) is 17.1. The SMILES string of the molecule is CCc1cccc(C)c1COc1cc(-n2ccccc2=O)cn2c(C)c(C)nc12. The first kappa shape index (κ1) is 19.0. The summed E-state index contributed by atoms with van der Waals surface area (Å²) in [5, 5.41) is 0. The second-order valence-electron chi connectivity index (χ2n) is 7.30. The van der Waals surface area contributed by atoms with Gasteiger partial charge in [-0.1, -0.05) is 31.2 Å². The third-order valence-electron chi connectivity index (χ3n) is 5.51. The molecule has 29 heavy (non-hydrogen) atoms. The number of benzene rings is 1. The molecule has 0 aliphatic heterocycles. The van der Waals surface area contributed by atoms with Crippen molar-refractivity contribution in [3.05, 3.63) is 93.3 Å². The summed E-state index contributed by atoms with van der Waals surface area (Å²) in [6.45, 7) is 8.73. The molecule has 0 aliphatic rings. The lowest BCUT2D eigenvalue weighted by molar-refractivity contribution is 0.306. The number of rotatable bonds is 5. The van der Waals surface area contributed by atoms with Gasteiger partial charge in [0.05, 0.1) is 11.4 Å². The lowest BCUT2D eigenvalue weighted by atomic mass is 10.0. The summed E-state index contributed by atoms with van der Waals surface area (Å²) >= 11 is 0. The third-order valence-corrected chi connectivity index (χ3v) is 5.51. The first-order valence-corrected chi connectivity index (χ1v) is 9.87. The molecule has 3 aromatic heterocycles. The minimum absolute atomic E-state index is 0.0838. The molecule has 1 aromatic carbocycles. The Morgan fingerprint density at radius 1 is 1.07 bits per heavy atom. The topological polar surface area (TPSA) is 48.5 Å². The average Bonchev–Trinajstić information content (AvgIpc) is 3.01. The van der Waals surface area contributed by atoms with Gasteiger partial charge >= 0.3 is 0 Å². The van der Waals surface area contributed by atoms with E-state index in [1.54, 1.807) is 22.9 Å². The van der Waals surface area contributed by atoms with Crippen LogP contribution in [0.2, 0.25) is 0 Å². The zero-order valence-corrected chi connectivity index (χ0v) is 17.3. The molecule has 0 unspecified atom stereocenters. The van der Waals surface area contributed by atoms with Crippen molar-refractivity contribution in [3.63, 3.8) is 0 Å². The highest BCUT2D eigenvalue weighted by Crippen LogP contribution is 2.27. The number of ether oxygens (including phenoxy) is 1. The van der Waals surface area contributed by atoms with Crippen molar-refractivity contribution in [2.24, 2.45) is 0 Å². The van der Waals surface area contributed by atoms with Crippen molar-refractivity contribution in [1.82, 2.24) is 14.0 Å². The number of aryl methyl sites for hydroxylation is 4. The van der Waals surface area contributed by atoms with Crippen LogP contribution in [0.1, 0.15) is 35.0 Å². The van der Waals surface area contributed by atoms with E-state index in [9.17, 15) is 4.79 Å². The third kappa shape index (κ3) is 3.44. The number of nitrogens with zero attached hydrogens (tertiary/aromatic N) is 3. The fourth-order valence-corrected chi connectivity index (χ4v) is 3.66. The minimum atomic E-state index is -0.0838. The molecule has 0 saturated carbocycles. The monoisotopic (exact) mass is 387 g/mol. The van der Waals surface area contributed by atoms with Crippen molar-refractivity contribution in [2.75, 3.05) is 0 Å². The molecule has 0 spiro atoms. The molecule has 4 rings (SSSR count). The van der Waals surface area contributed by atoms with Crippen molar-refractivity contribution < 1.29 is 4.74 Å². The second kappa shape index (κ2) is 7.59. The maximum absolute atomic E-state index is 12.4. The highest BCUT2D eigenvalue weighted by atomic mass is 16.5. The quantitative estimate of drug-likeness (QED) is 0.505. The van der Waals surface area contributed by atoms with Crippen LogP contribution >= 0.6 is 0 Å². The van der Waals surface area contributed by atoms with Crippen LogP contribution in [0.15, 0.2) is 59.7 Å². The van der Waals surface area contributed by atoms with Crippen LogP contribution in [0.3, 0.4) is 0 Å². The Bertz CT molecular complexity index is 1250. The number of hydrogen-bond donors (Lipinski definition) is 0. The molecular weight excluding hydrogens is 362 g/mol. The predicted molar refractivity (Wildman–Crippen MR) is 115 cm³/mol. The molecule has 5 heteroatoms. The average molecular weight is 387 g/mol. The Morgan fingerprint density at radius 2 is 1.90 bits per heavy atom. The van der Waals surface area contributed by atoms with E-state index in [0.29, 0.717) is 12.4 Å². The molecule has 0 saturated heterocycles. The van der Waals surface area contributed by atoms with Gasteiger partial charge in [-0.25, -0.2) is 4.98 Å². The van der Waals surface area contributed by atoms with Crippen LogP contribution in [-0.4, -0.2) is 14.0 Å². The molecule has 0 radical (unpaired) electrons. The molecule has 0 amide bonds. The van der Waals surface area contributed by atoms with Crippen molar-refractivity contribution in [3.8, 4) is 11.4 Å². The van der Waals surface area contributed by atoms with Gasteiger partial charge < -0.3 is 4.74 Å². The summed E-state index contributed by atoms with van der Waals surface area (Å²) in [6.07, 6.45) is 4.66. The lowest BCUT2D eigenvalue weighted by Crippen LogP contribution is -2.16. The summed E-state index contributed by atoms with van der Waals surface area (Å²) in [7, 11) is 0. The molecule has 0 atom stereocenters. The number of hydrogen-bond acceptors (Lipinski definition) is 3. The molecule has 0 fully saturated rings. The highest BCUT2D eigenvalue weighted by Gasteiger charge is 2.14. The summed E-state index contributed by atoms with van der Waals surface area (Å²) in [5.74, 6) is 0.666. The zero-order chi connectivity index (χ0) is 20.5. The Labute approximate surface area is 170 Å². The fraction of sp³-hybridized carbons (Fsp3) is 0.250. The molecule has 148 valence electrons. The largest absolute Gasteiger partial charge is 0.485 e. The normalized spacial score (nSPS) is 11.2. The maximum Gasteiger partial charge on any atom is 0.255 e. The van der Waals surface area contributed by atoms with Crippen LogP contribution in [0.25, 0.3) is 11.3 Å². The maximum atomic E-state index is 12.4. The Hall–Kier alpha value is -3.34. The number of fused-ring (bicyclic) bond motifs is 1. The van der Waals surface area contributed by atoms with Gasteiger partial charge in [0.1, 0.15) is 6.61 Å². The molecule has 0 N–H and O–H groups in total. The van der Waals surface area contributed by atoms with Crippen LogP contribution < -0.4 is 10.3 Å². The van der Waals surface area contributed by atoms with Crippen molar-refractivity contribution in [1.29, 1.82) is 0 Å². The fourth-order valence-electron chi connectivity index (χ4n) is 3.66. The van der Waals surface area contributed by atoms with Gasteiger partial charge in [0.2, 0.25) is 0 Å². The first-order chi connectivity index (χ1) is 14.0. The van der Waals surface area contributed by atoms with E-state index in [2.05, 4.69) is 32.0 Å². The molecule has 0 aliphatic carbocycles. The number of imidazole rings is 1. The summed E-state index contributed by atoms with van der Waals surface area (Å²) in [6, 6.07) is 13.4. The zero-order valence-electron chi connectivity index (χ0n) is 17.3. The number of pyridine rings is 2. The van der Waals surface area contributed by atoms with E-state index in [4.69, 9.17) is 9.72 Å².